The van der Waals surface area contributed by atoms with Gasteiger partial charge in [-0.3, -0.25) is 0 Å². The Morgan fingerprint density at radius 2 is 2.50 bits per heavy atom. The first-order valence-corrected chi connectivity index (χ1v) is 1.27. The summed E-state index contributed by atoms with van der Waals surface area (Å²) in [6.45, 7) is 0. The summed E-state index contributed by atoms with van der Waals surface area (Å²) in [5.41, 5.74) is 0. The third-order valence-electron chi connectivity index (χ3n) is 0.309. The van der Waals surface area contributed by atoms with E-state index in [0.29, 0.717) is 0 Å². The second-order valence-electron chi connectivity index (χ2n) is 0.630. The molecule has 6 heavy (non-hydrogen) atoms. The van der Waals surface area contributed by atoms with Crippen molar-refractivity contribution in [3.05, 3.63) is 18.5 Å². The van der Waals surface area contributed by atoms with Crippen LogP contribution in [0.5, 0.6) is 0 Å². The van der Waals surface area contributed by atoms with Crippen molar-refractivity contribution < 1.29 is 34.1 Å². The average molecular weight is 91.0 g/mol. The zero-order chi connectivity index (χ0) is 3.54. The van der Waals surface area contributed by atoms with Gasteiger partial charge in [0.05, 0.1) is 0 Å². The van der Waals surface area contributed by atoms with Gasteiger partial charge in [0.2, 0.25) is 0 Å². The van der Waals surface area contributed by atoms with Crippen molar-refractivity contribution in [3.8, 4) is 0 Å². The molecule has 0 aliphatic rings. The van der Waals surface area contributed by atoms with Crippen molar-refractivity contribution in [3.63, 3.8) is 0 Å². The number of hydrogen-bond donors (Lipinski definition) is 0. The van der Waals surface area contributed by atoms with Crippen molar-refractivity contribution in [2.24, 2.45) is 0 Å². The molecule has 1 rings (SSSR count). The van der Waals surface area contributed by atoms with E-state index in [4.69, 9.17) is 0 Å². The summed E-state index contributed by atoms with van der Waals surface area (Å²) in [5, 5.41) is 3.29. The molecule has 3 heteroatoms. The molecule has 0 aliphatic heterocycles. The molecule has 1 aromatic heterocycles. The summed E-state index contributed by atoms with van der Waals surface area (Å²) in [7, 11) is 0. The van der Waals surface area contributed by atoms with Gasteiger partial charge in [0.1, 0.15) is 0 Å². The van der Waals surface area contributed by atoms with Gasteiger partial charge in [0.25, 0.3) is 0 Å². The molecule has 0 bridgehead atoms. The molecule has 0 atom stereocenters. The Kier molecular flexibility index (Phi) is 3.52. The van der Waals surface area contributed by atoms with Crippen LogP contribution in [0.15, 0.2) is 16.8 Å². The third-order valence-corrected chi connectivity index (χ3v) is 0.309. The Labute approximate surface area is 57.8 Å². The van der Waals surface area contributed by atoms with Crippen LogP contribution in [-0.2, 0) is 0 Å². The normalized spacial score (nSPS) is 6.67. The van der Waals surface area contributed by atoms with Gasteiger partial charge in [-0.25, -0.2) is 5.16 Å². The largest absolute Gasteiger partial charge is 1.00 e. The fourth-order valence-electron chi connectivity index (χ4n) is 0.152. The van der Waals surface area contributed by atoms with Crippen LogP contribution in [0.3, 0.4) is 0 Å². The summed E-state index contributed by atoms with van der Waals surface area (Å²) >= 11 is 0. The fourth-order valence-corrected chi connectivity index (χ4v) is 0.152. The van der Waals surface area contributed by atoms with Crippen LogP contribution in [0.2, 0.25) is 0 Å². The molecule has 0 N–H and O–H groups in total. The van der Waals surface area contributed by atoms with Crippen LogP contribution in [0, 0.1) is 6.26 Å². The van der Waals surface area contributed by atoms with Crippen LogP contribution in [0.4, 0.5) is 0 Å². The topological polar surface area (TPSA) is 26.0 Å². The number of nitrogens with zero attached hydrogens (tertiary/aromatic N) is 1. The summed E-state index contributed by atoms with van der Waals surface area (Å²) in [6.07, 6.45) is 3.90. The maximum absolute atomic E-state index is 4.21. The van der Waals surface area contributed by atoms with Crippen molar-refractivity contribution in [1.82, 2.24) is 5.16 Å². The molecule has 0 amide bonds. The minimum absolute atomic E-state index is 0. The predicted octanol–water partition coefficient (Wildman–Crippen LogP) is -2.52. The molecule has 1 aromatic rings. The van der Waals surface area contributed by atoms with E-state index in [1.54, 1.807) is 6.07 Å². The van der Waals surface area contributed by atoms with E-state index in [2.05, 4.69) is 15.9 Å². The molecule has 0 radical (unpaired) electrons. The van der Waals surface area contributed by atoms with E-state index in [1.165, 1.54) is 6.20 Å². The Morgan fingerprint density at radius 3 is 2.67 bits per heavy atom. The summed E-state index contributed by atoms with van der Waals surface area (Å²) in [4.78, 5) is 0. The second-order valence-corrected chi connectivity index (χ2v) is 0.630. The molecule has 0 spiro atoms. The van der Waals surface area contributed by atoms with Gasteiger partial charge in [0.15, 0.2) is 0 Å². The second kappa shape index (κ2) is 3.40. The maximum atomic E-state index is 4.21. The van der Waals surface area contributed by atoms with Crippen molar-refractivity contribution >= 4 is 0 Å². The van der Waals surface area contributed by atoms with Crippen LogP contribution < -0.4 is 29.6 Å². The Hall–Kier alpha value is 0.210. The van der Waals surface area contributed by atoms with Gasteiger partial charge in [-0.2, -0.15) is 6.07 Å². The van der Waals surface area contributed by atoms with Gasteiger partial charge in [0, 0.05) is 0 Å². The van der Waals surface area contributed by atoms with Crippen LogP contribution >= 0.6 is 0 Å². The van der Waals surface area contributed by atoms with Gasteiger partial charge in [-0.05, 0) is 6.26 Å². The molecule has 0 aliphatic carbocycles. The van der Waals surface area contributed by atoms with Crippen molar-refractivity contribution in [1.29, 1.82) is 0 Å². The Balaban J connectivity index is 0.000000250. The van der Waals surface area contributed by atoms with Gasteiger partial charge < -0.3 is 4.52 Å². The average Bonchev–Trinajstić information content (AvgIpc) is 1.76. The number of rotatable bonds is 0. The quantitative estimate of drug-likeness (QED) is 0.260. The molecule has 26 valence electrons. The van der Waals surface area contributed by atoms with E-state index in [0.717, 1.165) is 0 Å². The third kappa shape index (κ3) is 1.60. The van der Waals surface area contributed by atoms with E-state index >= 15 is 0 Å². The summed E-state index contributed by atoms with van der Waals surface area (Å²) < 4.78 is 4.21. The van der Waals surface area contributed by atoms with E-state index < -0.39 is 0 Å². The molecule has 2 nitrogen and oxygen atoms in total. The van der Waals surface area contributed by atoms with E-state index in [1.807, 2.05) is 0 Å². The van der Waals surface area contributed by atoms with E-state index in [9.17, 15) is 0 Å². The molecule has 0 fully saturated rings. The van der Waals surface area contributed by atoms with Crippen LogP contribution in [0.25, 0.3) is 0 Å². The molecule has 0 unspecified atom stereocenters. The van der Waals surface area contributed by atoms with Crippen molar-refractivity contribution in [2.75, 3.05) is 0 Å². The molecular weight excluding hydrogens is 89.0 g/mol. The SMILES string of the molecule is [Na+].[c-]1ccno1. The monoisotopic (exact) mass is 91.0 g/mol. The Bertz CT molecular complexity index is 67.3. The minimum Gasteiger partial charge on any atom is -0.480 e. The van der Waals surface area contributed by atoms with Gasteiger partial charge >= 0.3 is 29.6 Å². The Morgan fingerprint density at radius 1 is 1.67 bits per heavy atom. The van der Waals surface area contributed by atoms with Crippen molar-refractivity contribution in [2.45, 2.75) is 0 Å². The first-order valence-electron chi connectivity index (χ1n) is 1.27. The zero-order valence-corrected chi connectivity index (χ0v) is 5.51. The molecule has 0 saturated carbocycles. The minimum atomic E-state index is 0. The summed E-state index contributed by atoms with van der Waals surface area (Å²) in [6, 6.07) is 1.60. The fraction of sp³-hybridized carbons (Fsp3) is 0. The standard InChI is InChI=1S/C3H2NO.Na/c1-2-4-5-3-1;/h1-2H;/q-1;+1. The van der Waals surface area contributed by atoms with Gasteiger partial charge in [-0.15, -0.1) is 0 Å². The predicted molar refractivity (Wildman–Crippen MR) is 15.3 cm³/mol. The number of aromatic nitrogens is 1. The molecular formula is C3H2NNaO. The van der Waals surface area contributed by atoms with E-state index in [-0.39, 0.29) is 29.6 Å². The first-order chi connectivity index (χ1) is 2.50. The smallest absolute Gasteiger partial charge is 0.480 e. The zero-order valence-electron chi connectivity index (χ0n) is 3.51. The molecule has 0 saturated heterocycles. The molecule has 0 aromatic carbocycles. The first kappa shape index (κ1) is 6.21. The number of hydrogen-bond acceptors (Lipinski definition) is 2. The van der Waals surface area contributed by atoms with Gasteiger partial charge in [-0.1, -0.05) is 6.20 Å². The molecule has 1 heterocycles. The van der Waals surface area contributed by atoms with Crippen LogP contribution in [-0.4, -0.2) is 5.16 Å². The maximum Gasteiger partial charge on any atom is 1.00 e. The summed E-state index contributed by atoms with van der Waals surface area (Å²) in [5.74, 6) is 0. The van der Waals surface area contributed by atoms with Crippen LogP contribution in [0.1, 0.15) is 0 Å².